The first-order valence-electron chi connectivity index (χ1n) is 5.05. The monoisotopic (exact) mass is 166 g/mol. The first-order chi connectivity index (χ1) is 5.51. The molecule has 12 heavy (non-hydrogen) atoms. The summed E-state index contributed by atoms with van der Waals surface area (Å²) in [6.45, 7) is 8.74. The lowest BCUT2D eigenvalue weighted by molar-refractivity contribution is -0.125. The van der Waals surface area contributed by atoms with Crippen LogP contribution in [0.25, 0.3) is 0 Å². The van der Waals surface area contributed by atoms with E-state index in [-0.39, 0.29) is 5.41 Å². The number of hydrogen-bond acceptors (Lipinski definition) is 1. The minimum absolute atomic E-state index is 0.0139. The summed E-state index contributed by atoms with van der Waals surface area (Å²) in [6, 6.07) is 0. The lowest BCUT2D eigenvalue weighted by Crippen LogP contribution is -2.38. The Kier molecular flexibility index (Phi) is 2.65. The van der Waals surface area contributed by atoms with Gasteiger partial charge in [0.25, 0.3) is 0 Å². The highest BCUT2D eigenvalue weighted by Gasteiger charge is 2.46. The van der Waals surface area contributed by atoms with Crippen molar-refractivity contribution in [3.05, 3.63) is 0 Å². The first-order valence-corrected chi connectivity index (χ1v) is 5.05. The molecule has 0 aliphatic carbocycles. The summed E-state index contributed by atoms with van der Waals surface area (Å²) >= 11 is 0. The van der Waals surface area contributed by atoms with Crippen LogP contribution in [0.2, 0.25) is 6.32 Å². The van der Waals surface area contributed by atoms with E-state index >= 15 is 0 Å². The predicted molar refractivity (Wildman–Crippen MR) is 53.7 cm³/mol. The molecule has 0 saturated carbocycles. The van der Waals surface area contributed by atoms with E-state index in [1.807, 2.05) is 0 Å². The van der Waals surface area contributed by atoms with E-state index in [4.69, 9.17) is 0 Å². The quantitative estimate of drug-likeness (QED) is 0.574. The summed E-state index contributed by atoms with van der Waals surface area (Å²) in [5.41, 5.74) is 0.521. The van der Waals surface area contributed by atoms with E-state index in [1.165, 1.54) is 0 Å². The Morgan fingerprint density at radius 1 is 1.25 bits per heavy atom. The average molecular weight is 166 g/mol. The zero-order valence-electron chi connectivity index (χ0n) is 8.68. The van der Waals surface area contributed by atoms with Crippen molar-refractivity contribution >= 4 is 13.0 Å². The third-order valence-electron chi connectivity index (χ3n) is 3.57. The van der Waals surface area contributed by atoms with E-state index in [9.17, 15) is 4.79 Å². The Morgan fingerprint density at radius 3 is 1.92 bits per heavy atom. The molecule has 0 aromatic heterocycles. The molecule has 0 aromatic rings. The minimum Gasteiger partial charge on any atom is -0.311 e. The third-order valence-corrected chi connectivity index (χ3v) is 3.57. The van der Waals surface area contributed by atoms with Gasteiger partial charge in [-0.05, 0) is 18.3 Å². The molecule has 1 nitrogen and oxygen atoms in total. The van der Waals surface area contributed by atoms with Crippen LogP contribution < -0.4 is 0 Å². The second-order valence-electron chi connectivity index (χ2n) is 4.63. The zero-order chi connectivity index (χ0) is 9.35. The van der Waals surface area contributed by atoms with Crippen LogP contribution in [0, 0.1) is 17.3 Å². The van der Waals surface area contributed by atoms with Crippen molar-refractivity contribution in [1.29, 1.82) is 0 Å². The topological polar surface area (TPSA) is 17.1 Å². The third kappa shape index (κ3) is 1.21. The second kappa shape index (κ2) is 3.23. The molecule has 1 aliphatic heterocycles. The molecule has 0 radical (unpaired) electrons. The fourth-order valence-electron chi connectivity index (χ4n) is 2.80. The van der Waals surface area contributed by atoms with Gasteiger partial charge >= 0.3 is 0 Å². The van der Waals surface area contributed by atoms with Gasteiger partial charge in [-0.3, -0.25) is 0 Å². The van der Waals surface area contributed by atoms with Crippen molar-refractivity contribution in [2.24, 2.45) is 17.3 Å². The van der Waals surface area contributed by atoms with E-state index in [0.29, 0.717) is 17.5 Å². The van der Waals surface area contributed by atoms with Crippen LogP contribution >= 0.6 is 0 Å². The SMILES string of the molecule is CC(C)C1(C(C)C)CCBC1=O. The van der Waals surface area contributed by atoms with Crippen LogP contribution in [0.4, 0.5) is 0 Å². The van der Waals surface area contributed by atoms with Crippen molar-refractivity contribution in [3.8, 4) is 0 Å². The molecule has 1 heterocycles. The zero-order valence-corrected chi connectivity index (χ0v) is 8.68. The number of carbonyl (C=O) groups is 1. The molecule has 0 spiro atoms. The predicted octanol–water partition coefficient (Wildman–Crippen LogP) is 2.07. The van der Waals surface area contributed by atoms with Crippen LogP contribution in [0.15, 0.2) is 0 Å². The normalized spacial score (nSPS) is 22.0. The molecule has 0 aromatic carbocycles. The lowest BCUT2D eigenvalue weighted by Gasteiger charge is -2.36. The summed E-state index contributed by atoms with van der Waals surface area (Å²) in [5, 5.41) is 0. The van der Waals surface area contributed by atoms with Crippen molar-refractivity contribution in [1.82, 2.24) is 0 Å². The summed E-state index contributed by atoms with van der Waals surface area (Å²) in [6.07, 6.45) is 2.22. The first kappa shape index (κ1) is 9.82. The van der Waals surface area contributed by atoms with Gasteiger partial charge in [0.2, 0.25) is 7.28 Å². The highest BCUT2D eigenvalue weighted by atomic mass is 16.1. The van der Waals surface area contributed by atoms with E-state index in [0.717, 1.165) is 20.0 Å². The smallest absolute Gasteiger partial charge is 0.206 e. The Balaban J connectivity index is 2.93. The summed E-state index contributed by atoms with van der Waals surface area (Å²) in [4.78, 5) is 11.8. The maximum absolute atomic E-state index is 11.8. The molecule has 0 bridgehead atoms. The molecule has 2 heteroatoms. The fourth-order valence-corrected chi connectivity index (χ4v) is 2.80. The second-order valence-corrected chi connectivity index (χ2v) is 4.63. The van der Waals surface area contributed by atoms with Crippen LogP contribution in [0.5, 0.6) is 0 Å². The molecule has 1 saturated heterocycles. The Labute approximate surface area is 76.2 Å². The van der Waals surface area contributed by atoms with E-state index in [2.05, 4.69) is 27.7 Å². The summed E-state index contributed by atoms with van der Waals surface area (Å²) in [5.74, 6) is 1.01. The van der Waals surface area contributed by atoms with Crippen LogP contribution in [-0.2, 0) is 4.79 Å². The van der Waals surface area contributed by atoms with Gasteiger partial charge in [-0.1, -0.05) is 34.0 Å². The number of hydrogen-bond donors (Lipinski definition) is 0. The van der Waals surface area contributed by atoms with Crippen molar-refractivity contribution < 1.29 is 4.79 Å². The van der Waals surface area contributed by atoms with Gasteiger partial charge in [0.15, 0.2) is 0 Å². The molecule has 1 aliphatic rings. The molecule has 0 unspecified atom stereocenters. The highest BCUT2D eigenvalue weighted by molar-refractivity contribution is 6.76. The lowest BCUT2D eigenvalue weighted by atomic mass is 9.61. The summed E-state index contributed by atoms with van der Waals surface area (Å²) in [7, 11) is 0.816. The van der Waals surface area contributed by atoms with Crippen LogP contribution in [0.1, 0.15) is 34.1 Å². The minimum atomic E-state index is 0.0139. The average Bonchev–Trinajstić information content (AvgIpc) is 2.31. The molecule has 0 amide bonds. The molecular weight excluding hydrogens is 147 g/mol. The van der Waals surface area contributed by atoms with Crippen LogP contribution in [0.3, 0.4) is 0 Å². The number of rotatable bonds is 2. The Morgan fingerprint density at radius 2 is 1.75 bits per heavy atom. The largest absolute Gasteiger partial charge is 0.311 e. The Bertz CT molecular complexity index is 176. The van der Waals surface area contributed by atoms with Gasteiger partial charge in [0.05, 0.1) is 5.68 Å². The van der Waals surface area contributed by atoms with Gasteiger partial charge in [0, 0.05) is 5.41 Å². The molecular formula is C10H19BO. The van der Waals surface area contributed by atoms with Crippen molar-refractivity contribution in [3.63, 3.8) is 0 Å². The van der Waals surface area contributed by atoms with Gasteiger partial charge in [-0.2, -0.15) is 0 Å². The van der Waals surface area contributed by atoms with Crippen molar-refractivity contribution in [2.45, 2.75) is 40.4 Å². The molecule has 1 rings (SSSR count). The van der Waals surface area contributed by atoms with E-state index < -0.39 is 0 Å². The van der Waals surface area contributed by atoms with Crippen LogP contribution in [-0.4, -0.2) is 13.0 Å². The number of carbonyl (C=O) groups excluding carboxylic acids is 1. The summed E-state index contributed by atoms with van der Waals surface area (Å²) < 4.78 is 0. The highest BCUT2D eigenvalue weighted by Crippen LogP contribution is 2.44. The van der Waals surface area contributed by atoms with Gasteiger partial charge in [-0.15, -0.1) is 0 Å². The Hall–Kier alpha value is -0.265. The fraction of sp³-hybridized carbons (Fsp3) is 0.900. The van der Waals surface area contributed by atoms with Gasteiger partial charge in [0.1, 0.15) is 0 Å². The van der Waals surface area contributed by atoms with Crippen molar-refractivity contribution in [2.75, 3.05) is 0 Å². The molecule has 68 valence electrons. The standard InChI is InChI=1S/C10H19BO/c1-7(2)10(8(3)4)5-6-11-9(10)12/h7-8,11H,5-6H2,1-4H3. The van der Waals surface area contributed by atoms with Gasteiger partial charge in [-0.25, -0.2) is 0 Å². The van der Waals surface area contributed by atoms with E-state index in [1.54, 1.807) is 0 Å². The maximum Gasteiger partial charge on any atom is 0.206 e. The molecule has 0 atom stereocenters. The van der Waals surface area contributed by atoms with Gasteiger partial charge < -0.3 is 4.79 Å². The molecule has 1 fully saturated rings. The maximum atomic E-state index is 11.8. The molecule has 0 N–H and O–H groups in total.